The lowest BCUT2D eigenvalue weighted by Crippen LogP contribution is -2.44. The van der Waals surface area contributed by atoms with Crippen molar-refractivity contribution in [3.8, 4) is 0 Å². The third-order valence-electron chi connectivity index (χ3n) is 3.20. The van der Waals surface area contributed by atoms with Crippen LogP contribution < -0.4 is 0 Å². The van der Waals surface area contributed by atoms with E-state index in [0.717, 1.165) is 18.7 Å². The van der Waals surface area contributed by atoms with Crippen LogP contribution in [0.2, 0.25) is 0 Å². The molecule has 0 aliphatic carbocycles. The first-order valence-electron chi connectivity index (χ1n) is 5.98. The van der Waals surface area contributed by atoms with Crippen LogP contribution in [-0.4, -0.2) is 28.1 Å². The predicted molar refractivity (Wildman–Crippen MR) is 63.5 cm³/mol. The molecular weight excluding hydrogens is 233 g/mol. The largest absolute Gasteiger partial charge is 0.339 e. The van der Waals surface area contributed by atoms with Gasteiger partial charge in [-0.3, -0.25) is 4.90 Å². The van der Waals surface area contributed by atoms with Crippen molar-refractivity contribution >= 4 is 0 Å². The van der Waals surface area contributed by atoms with Gasteiger partial charge >= 0.3 is 0 Å². The van der Waals surface area contributed by atoms with Crippen LogP contribution >= 0.6 is 0 Å². The molecule has 1 aliphatic rings. The zero-order chi connectivity index (χ0) is 12.5. The molecule has 1 aliphatic heterocycles. The van der Waals surface area contributed by atoms with Gasteiger partial charge in [-0.1, -0.05) is 23.4 Å². The average molecular weight is 247 g/mol. The highest BCUT2D eigenvalue weighted by molar-refractivity contribution is 5.18. The Bertz CT molecular complexity index is 549. The van der Waals surface area contributed by atoms with E-state index in [-0.39, 0.29) is 11.7 Å². The quantitative estimate of drug-likeness (QED) is 0.833. The van der Waals surface area contributed by atoms with Crippen LogP contribution in [0.5, 0.6) is 0 Å². The van der Waals surface area contributed by atoms with Crippen LogP contribution in [-0.2, 0) is 6.54 Å². The minimum absolute atomic E-state index is 0.144. The summed E-state index contributed by atoms with van der Waals surface area (Å²) in [5.74, 6) is 1.50. The van der Waals surface area contributed by atoms with Gasteiger partial charge < -0.3 is 4.52 Å². The van der Waals surface area contributed by atoms with Crippen molar-refractivity contribution in [3.63, 3.8) is 0 Å². The monoisotopic (exact) mass is 247 g/mol. The Kier molecular flexibility index (Phi) is 2.83. The Morgan fingerprint density at radius 2 is 2.17 bits per heavy atom. The molecule has 94 valence electrons. The smallest absolute Gasteiger partial charge is 0.232 e. The van der Waals surface area contributed by atoms with Crippen molar-refractivity contribution in [1.82, 2.24) is 15.0 Å². The van der Waals surface area contributed by atoms with Gasteiger partial charge in [-0.05, 0) is 13.0 Å². The molecule has 0 radical (unpaired) electrons. The number of aryl methyl sites for hydroxylation is 1. The summed E-state index contributed by atoms with van der Waals surface area (Å²) >= 11 is 0. The van der Waals surface area contributed by atoms with Gasteiger partial charge in [-0.2, -0.15) is 4.98 Å². The molecule has 0 bridgehead atoms. The molecule has 0 unspecified atom stereocenters. The molecule has 0 atom stereocenters. The van der Waals surface area contributed by atoms with Gasteiger partial charge in [0.25, 0.3) is 0 Å². The summed E-state index contributed by atoms with van der Waals surface area (Å²) in [6.07, 6.45) is 0. The average Bonchev–Trinajstić information content (AvgIpc) is 2.71. The first-order chi connectivity index (χ1) is 8.72. The van der Waals surface area contributed by atoms with Crippen LogP contribution in [0.3, 0.4) is 0 Å². The molecule has 18 heavy (non-hydrogen) atoms. The Labute approximate surface area is 104 Å². The number of hydrogen-bond donors (Lipinski definition) is 0. The first kappa shape index (κ1) is 11.3. The second-order valence-corrected chi connectivity index (χ2v) is 4.66. The molecule has 3 rings (SSSR count). The molecule has 5 heteroatoms. The molecule has 2 heterocycles. The fourth-order valence-corrected chi connectivity index (χ4v) is 2.20. The molecule has 0 amide bonds. The van der Waals surface area contributed by atoms with E-state index in [1.807, 2.05) is 19.1 Å². The molecule has 0 saturated carbocycles. The third kappa shape index (κ3) is 2.13. The van der Waals surface area contributed by atoms with Crippen molar-refractivity contribution < 1.29 is 8.91 Å². The molecule has 1 saturated heterocycles. The van der Waals surface area contributed by atoms with E-state index in [4.69, 9.17) is 4.52 Å². The normalized spacial score (nSPS) is 16.8. The Morgan fingerprint density at radius 3 is 2.83 bits per heavy atom. The Morgan fingerprint density at radius 1 is 1.39 bits per heavy atom. The molecule has 1 fully saturated rings. The van der Waals surface area contributed by atoms with Crippen LogP contribution in [0.15, 0.2) is 28.8 Å². The van der Waals surface area contributed by atoms with Crippen LogP contribution in [0.4, 0.5) is 4.39 Å². The van der Waals surface area contributed by atoms with Gasteiger partial charge in [0.1, 0.15) is 5.82 Å². The number of benzene rings is 1. The Balaban J connectivity index is 1.58. The zero-order valence-corrected chi connectivity index (χ0v) is 10.1. The highest BCUT2D eigenvalue weighted by Gasteiger charge is 2.32. The summed E-state index contributed by atoms with van der Waals surface area (Å²) in [6.45, 7) is 4.13. The molecular formula is C13H14FN3O. The van der Waals surface area contributed by atoms with Crippen molar-refractivity contribution in [2.24, 2.45) is 0 Å². The maximum Gasteiger partial charge on any atom is 0.232 e. The minimum Gasteiger partial charge on any atom is -0.339 e. The van der Waals surface area contributed by atoms with Gasteiger partial charge in [-0.25, -0.2) is 4.39 Å². The van der Waals surface area contributed by atoms with Crippen LogP contribution in [0.1, 0.15) is 23.2 Å². The van der Waals surface area contributed by atoms with E-state index in [0.29, 0.717) is 18.3 Å². The number of likely N-dealkylation sites (tertiary alicyclic amines) is 1. The number of hydrogen-bond acceptors (Lipinski definition) is 4. The summed E-state index contributed by atoms with van der Waals surface area (Å²) in [5, 5.41) is 3.78. The lowest BCUT2D eigenvalue weighted by atomic mass is 9.99. The number of halogens is 1. The zero-order valence-electron chi connectivity index (χ0n) is 10.1. The maximum atomic E-state index is 13.5. The van der Waals surface area contributed by atoms with E-state index in [1.165, 1.54) is 6.07 Å². The molecule has 4 nitrogen and oxygen atoms in total. The summed E-state index contributed by atoms with van der Waals surface area (Å²) in [5.41, 5.74) is 0.734. The van der Waals surface area contributed by atoms with Crippen molar-refractivity contribution in [1.29, 1.82) is 0 Å². The third-order valence-corrected chi connectivity index (χ3v) is 3.20. The lowest BCUT2D eigenvalue weighted by molar-refractivity contribution is 0.116. The molecule has 0 spiro atoms. The first-order valence-corrected chi connectivity index (χ1v) is 5.98. The second-order valence-electron chi connectivity index (χ2n) is 4.66. The van der Waals surface area contributed by atoms with Crippen molar-refractivity contribution in [2.75, 3.05) is 13.1 Å². The molecule has 2 aromatic rings. The number of rotatable bonds is 3. The van der Waals surface area contributed by atoms with Crippen molar-refractivity contribution in [2.45, 2.75) is 19.4 Å². The number of nitrogens with zero attached hydrogens (tertiary/aromatic N) is 3. The van der Waals surface area contributed by atoms with Gasteiger partial charge in [0.2, 0.25) is 5.89 Å². The van der Waals surface area contributed by atoms with E-state index in [1.54, 1.807) is 6.07 Å². The fourth-order valence-electron chi connectivity index (χ4n) is 2.20. The van der Waals surface area contributed by atoms with Gasteiger partial charge in [0, 0.05) is 25.2 Å². The molecule has 0 N–H and O–H groups in total. The van der Waals surface area contributed by atoms with Gasteiger partial charge in [0.05, 0.1) is 5.92 Å². The molecule has 1 aromatic carbocycles. The van der Waals surface area contributed by atoms with E-state index in [9.17, 15) is 4.39 Å². The molecule has 1 aromatic heterocycles. The predicted octanol–water partition coefficient (Wildman–Crippen LogP) is 2.12. The van der Waals surface area contributed by atoms with E-state index < -0.39 is 0 Å². The van der Waals surface area contributed by atoms with Crippen molar-refractivity contribution in [3.05, 3.63) is 47.4 Å². The lowest BCUT2D eigenvalue weighted by Gasteiger charge is -2.37. The number of aromatic nitrogens is 2. The van der Waals surface area contributed by atoms with E-state index >= 15 is 0 Å². The van der Waals surface area contributed by atoms with Crippen LogP contribution in [0, 0.1) is 12.7 Å². The van der Waals surface area contributed by atoms with E-state index in [2.05, 4.69) is 15.0 Å². The topological polar surface area (TPSA) is 42.2 Å². The summed E-state index contributed by atoms with van der Waals surface area (Å²) in [7, 11) is 0. The van der Waals surface area contributed by atoms with Gasteiger partial charge in [-0.15, -0.1) is 0 Å². The standard InChI is InChI=1S/C13H14FN3O/c1-9-15-13(18-16-9)11-7-17(8-11)6-10-4-2-3-5-12(10)14/h2-5,11H,6-8H2,1H3. The highest BCUT2D eigenvalue weighted by atomic mass is 19.1. The van der Waals surface area contributed by atoms with Gasteiger partial charge in [0.15, 0.2) is 5.82 Å². The Hall–Kier alpha value is -1.75. The summed E-state index contributed by atoms with van der Waals surface area (Å²) < 4.78 is 18.6. The second kappa shape index (κ2) is 4.49. The maximum absolute atomic E-state index is 13.5. The fraction of sp³-hybridized carbons (Fsp3) is 0.385. The summed E-state index contributed by atoms with van der Waals surface area (Å²) in [4.78, 5) is 6.38. The minimum atomic E-state index is -0.144. The SMILES string of the molecule is Cc1noc(C2CN(Cc3ccccc3F)C2)n1. The highest BCUT2D eigenvalue weighted by Crippen LogP contribution is 2.27. The van der Waals surface area contributed by atoms with Crippen LogP contribution in [0.25, 0.3) is 0 Å². The summed E-state index contributed by atoms with van der Waals surface area (Å²) in [6, 6.07) is 6.88.